The number of hydrogen-bond acceptors (Lipinski definition) is 6. The second-order valence-electron chi connectivity index (χ2n) is 4.36. The molecule has 0 bridgehead atoms. The van der Waals surface area contributed by atoms with Crippen LogP contribution in [0.25, 0.3) is 0 Å². The summed E-state index contributed by atoms with van der Waals surface area (Å²) in [7, 11) is 1.54. The molecule has 0 radical (unpaired) electrons. The average molecular weight is 335 g/mol. The van der Waals surface area contributed by atoms with Gasteiger partial charge in [-0.3, -0.25) is 4.79 Å². The predicted octanol–water partition coefficient (Wildman–Crippen LogP) is 2.33. The quantitative estimate of drug-likeness (QED) is 0.596. The van der Waals surface area contributed by atoms with E-state index in [4.69, 9.17) is 9.47 Å². The number of nitrogens with zero attached hydrogens (tertiary/aromatic N) is 1. The standard InChI is InChI=1S/C15H17N3O4S/c1-3-22-14(20)11-8-16-15(18-11)23-9-13(19)17-10-6-4-5-7-12(10)21-2/h4-8H,3,9H2,1-2H3,(H,16,18)(H,17,19). The third-order valence-corrected chi connectivity index (χ3v) is 3.66. The van der Waals surface area contributed by atoms with Crippen molar-refractivity contribution >= 4 is 29.3 Å². The van der Waals surface area contributed by atoms with Gasteiger partial charge in [-0.15, -0.1) is 0 Å². The summed E-state index contributed by atoms with van der Waals surface area (Å²) in [4.78, 5) is 30.3. The predicted molar refractivity (Wildman–Crippen MR) is 86.9 cm³/mol. The van der Waals surface area contributed by atoms with Gasteiger partial charge < -0.3 is 19.8 Å². The zero-order valence-corrected chi connectivity index (χ0v) is 13.6. The number of carbonyl (C=O) groups is 2. The van der Waals surface area contributed by atoms with Crippen LogP contribution in [0.3, 0.4) is 0 Å². The fraction of sp³-hybridized carbons (Fsp3) is 0.267. The normalized spacial score (nSPS) is 10.2. The number of para-hydroxylation sites is 2. The van der Waals surface area contributed by atoms with Crippen molar-refractivity contribution in [3.05, 3.63) is 36.2 Å². The molecule has 0 spiro atoms. The molecule has 0 aliphatic carbocycles. The Labute approximate surface area is 137 Å². The molecule has 0 atom stereocenters. The number of benzene rings is 1. The van der Waals surface area contributed by atoms with E-state index in [1.807, 2.05) is 12.1 Å². The van der Waals surface area contributed by atoms with Crippen molar-refractivity contribution in [1.29, 1.82) is 0 Å². The molecule has 1 amide bonds. The molecular formula is C15H17N3O4S. The van der Waals surface area contributed by atoms with Gasteiger partial charge >= 0.3 is 5.97 Å². The molecule has 1 aromatic heterocycles. The number of carbonyl (C=O) groups excluding carboxylic acids is 2. The van der Waals surface area contributed by atoms with Gasteiger partial charge in [0.05, 0.1) is 31.4 Å². The Morgan fingerprint density at radius 2 is 2.13 bits per heavy atom. The smallest absolute Gasteiger partial charge is 0.356 e. The first-order chi connectivity index (χ1) is 11.1. The lowest BCUT2D eigenvalue weighted by molar-refractivity contribution is -0.113. The highest BCUT2D eigenvalue weighted by Gasteiger charge is 2.12. The van der Waals surface area contributed by atoms with Crippen LogP contribution in [0.2, 0.25) is 0 Å². The number of imidazole rings is 1. The number of esters is 1. The number of rotatable bonds is 7. The molecule has 0 saturated heterocycles. The summed E-state index contributed by atoms with van der Waals surface area (Å²) in [6.07, 6.45) is 1.39. The molecule has 2 N–H and O–H groups in total. The van der Waals surface area contributed by atoms with Crippen LogP contribution >= 0.6 is 11.8 Å². The highest BCUT2D eigenvalue weighted by atomic mass is 32.2. The van der Waals surface area contributed by atoms with Crippen LogP contribution in [0.15, 0.2) is 35.6 Å². The number of aromatic nitrogens is 2. The Bertz CT molecular complexity index is 687. The number of thioether (sulfide) groups is 1. The van der Waals surface area contributed by atoms with Gasteiger partial charge in [-0.05, 0) is 19.1 Å². The third-order valence-electron chi connectivity index (χ3n) is 2.77. The van der Waals surface area contributed by atoms with E-state index in [9.17, 15) is 9.59 Å². The summed E-state index contributed by atoms with van der Waals surface area (Å²) in [6.45, 7) is 2.02. The van der Waals surface area contributed by atoms with Crippen molar-refractivity contribution in [2.45, 2.75) is 12.1 Å². The number of H-pyrrole nitrogens is 1. The fourth-order valence-corrected chi connectivity index (χ4v) is 2.41. The van der Waals surface area contributed by atoms with Crippen molar-refractivity contribution in [3.8, 4) is 5.75 Å². The van der Waals surface area contributed by atoms with Crippen LogP contribution < -0.4 is 10.1 Å². The van der Waals surface area contributed by atoms with E-state index in [0.717, 1.165) is 0 Å². The van der Waals surface area contributed by atoms with Crippen molar-refractivity contribution in [3.63, 3.8) is 0 Å². The largest absolute Gasteiger partial charge is 0.495 e. The van der Waals surface area contributed by atoms with Crippen LogP contribution in [0.4, 0.5) is 5.69 Å². The lowest BCUT2D eigenvalue weighted by Crippen LogP contribution is -2.14. The molecule has 122 valence electrons. The van der Waals surface area contributed by atoms with Crippen molar-refractivity contribution in [2.24, 2.45) is 0 Å². The summed E-state index contributed by atoms with van der Waals surface area (Å²) in [6, 6.07) is 7.15. The molecule has 0 aliphatic rings. The van der Waals surface area contributed by atoms with Crippen LogP contribution in [0, 0.1) is 0 Å². The number of ether oxygens (including phenoxy) is 2. The highest BCUT2D eigenvalue weighted by molar-refractivity contribution is 7.99. The van der Waals surface area contributed by atoms with Crippen molar-refractivity contribution in [2.75, 3.05) is 24.8 Å². The molecule has 1 heterocycles. The van der Waals surface area contributed by atoms with E-state index in [2.05, 4.69) is 15.3 Å². The topological polar surface area (TPSA) is 93.3 Å². The molecule has 0 unspecified atom stereocenters. The molecule has 0 fully saturated rings. The Kier molecular flexibility index (Phi) is 6.04. The van der Waals surface area contributed by atoms with E-state index in [-0.39, 0.29) is 17.4 Å². The second-order valence-corrected chi connectivity index (χ2v) is 5.32. The van der Waals surface area contributed by atoms with E-state index in [1.165, 1.54) is 18.0 Å². The average Bonchev–Trinajstić information content (AvgIpc) is 3.03. The van der Waals surface area contributed by atoms with Crippen LogP contribution in [0.5, 0.6) is 5.75 Å². The number of hydrogen-bond donors (Lipinski definition) is 2. The Morgan fingerprint density at radius 1 is 1.35 bits per heavy atom. The van der Waals surface area contributed by atoms with E-state index < -0.39 is 5.97 Å². The highest BCUT2D eigenvalue weighted by Crippen LogP contribution is 2.23. The molecule has 23 heavy (non-hydrogen) atoms. The molecule has 2 rings (SSSR count). The minimum absolute atomic E-state index is 0.147. The minimum atomic E-state index is -0.467. The van der Waals surface area contributed by atoms with Crippen LogP contribution in [0.1, 0.15) is 17.4 Å². The van der Waals surface area contributed by atoms with Gasteiger partial charge in [0.2, 0.25) is 5.91 Å². The lowest BCUT2D eigenvalue weighted by Gasteiger charge is -2.09. The van der Waals surface area contributed by atoms with E-state index in [0.29, 0.717) is 23.2 Å². The lowest BCUT2D eigenvalue weighted by atomic mass is 10.3. The maximum absolute atomic E-state index is 12.0. The van der Waals surface area contributed by atoms with Gasteiger partial charge in [0, 0.05) is 0 Å². The van der Waals surface area contributed by atoms with Crippen molar-refractivity contribution in [1.82, 2.24) is 9.97 Å². The Balaban J connectivity index is 1.88. The first kappa shape index (κ1) is 16.9. The second kappa shape index (κ2) is 8.23. The molecular weight excluding hydrogens is 318 g/mol. The summed E-state index contributed by atoms with van der Waals surface area (Å²) in [5.74, 6) is 0.0701. The van der Waals surface area contributed by atoms with E-state index >= 15 is 0 Å². The number of anilines is 1. The first-order valence-corrected chi connectivity index (χ1v) is 7.90. The van der Waals surface area contributed by atoms with Gasteiger partial charge in [0.15, 0.2) is 5.16 Å². The SMILES string of the molecule is CCOC(=O)c1cnc(SCC(=O)Nc2ccccc2OC)[nH]1. The van der Waals surface area contributed by atoms with Crippen LogP contribution in [-0.2, 0) is 9.53 Å². The van der Waals surface area contributed by atoms with Gasteiger partial charge in [-0.2, -0.15) is 0 Å². The molecule has 0 saturated carbocycles. The monoisotopic (exact) mass is 335 g/mol. The molecule has 0 aliphatic heterocycles. The number of aromatic amines is 1. The Morgan fingerprint density at radius 3 is 2.87 bits per heavy atom. The summed E-state index contributed by atoms with van der Waals surface area (Å²) < 4.78 is 10.0. The maximum Gasteiger partial charge on any atom is 0.356 e. The molecule has 7 nitrogen and oxygen atoms in total. The van der Waals surface area contributed by atoms with Crippen molar-refractivity contribution < 1.29 is 19.1 Å². The zero-order valence-electron chi connectivity index (χ0n) is 12.8. The van der Waals surface area contributed by atoms with Crippen LogP contribution in [-0.4, -0.2) is 41.3 Å². The molecule has 1 aromatic carbocycles. The van der Waals surface area contributed by atoms with Gasteiger partial charge in [-0.25, -0.2) is 9.78 Å². The maximum atomic E-state index is 12.0. The number of nitrogens with one attached hydrogen (secondary N) is 2. The molecule has 8 heteroatoms. The minimum Gasteiger partial charge on any atom is -0.495 e. The van der Waals surface area contributed by atoms with Gasteiger partial charge in [0.1, 0.15) is 11.4 Å². The van der Waals surface area contributed by atoms with Gasteiger partial charge in [-0.1, -0.05) is 23.9 Å². The zero-order chi connectivity index (χ0) is 16.7. The number of amides is 1. The first-order valence-electron chi connectivity index (χ1n) is 6.91. The number of methoxy groups -OCH3 is 1. The van der Waals surface area contributed by atoms with Gasteiger partial charge in [0.25, 0.3) is 0 Å². The third kappa shape index (κ3) is 4.75. The van der Waals surface area contributed by atoms with E-state index in [1.54, 1.807) is 26.2 Å². The summed E-state index contributed by atoms with van der Waals surface area (Å²) in [5.41, 5.74) is 0.867. The summed E-state index contributed by atoms with van der Waals surface area (Å²) >= 11 is 1.19. The summed E-state index contributed by atoms with van der Waals surface area (Å²) in [5, 5.41) is 3.24. The molecule has 2 aromatic rings. The Hall–Kier alpha value is -2.48. The fourth-order valence-electron chi connectivity index (χ4n) is 1.76.